The van der Waals surface area contributed by atoms with Crippen LogP contribution < -0.4 is 10.1 Å². The maximum absolute atomic E-state index is 12.5. The first-order valence-electron chi connectivity index (χ1n) is 8.09. The van der Waals surface area contributed by atoms with Crippen LogP contribution in [0.5, 0.6) is 5.75 Å². The predicted octanol–water partition coefficient (Wildman–Crippen LogP) is 3.14. The first-order chi connectivity index (χ1) is 10.6. The molecule has 1 aromatic carbocycles. The summed E-state index contributed by atoms with van der Waals surface area (Å²) in [7, 11) is 2.15. The van der Waals surface area contributed by atoms with E-state index in [1.807, 2.05) is 0 Å². The van der Waals surface area contributed by atoms with Crippen molar-refractivity contribution in [2.75, 3.05) is 25.5 Å². The number of likely N-dealkylation sites (tertiary alicyclic amines) is 1. The van der Waals surface area contributed by atoms with Crippen molar-refractivity contribution in [2.45, 2.75) is 43.6 Å². The molecule has 2 heterocycles. The Morgan fingerprint density at radius 2 is 2.05 bits per heavy atom. The van der Waals surface area contributed by atoms with E-state index in [1.165, 1.54) is 5.56 Å². The van der Waals surface area contributed by atoms with Crippen LogP contribution in [0.3, 0.4) is 0 Å². The lowest BCUT2D eigenvalue weighted by molar-refractivity contribution is -0.123. The van der Waals surface area contributed by atoms with Crippen LogP contribution in [-0.2, 0) is 10.2 Å². The summed E-state index contributed by atoms with van der Waals surface area (Å²) in [5.41, 5.74) is 1.84. The van der Waals surface area contributed by atoms with Crippen molar-refractivity contribution in [3.8, 4) is 5.75 Å². The highest BCUT2D eigenvalue weighted by Crippen LogP contribution is 2.54. The van der Waals surface area contributed by atoms with E-state index in [9.17, 15) is 4.79 Å². The summed E-state index contributed by atoms with van der Waals surface area (Å²) in [5, 5.41) is 3.11. The van der Waals surface area contributed by atoms with Crippen molar-refractivity contribution >= 4 is 34.2 Å². The Morgan fingerprint density at radius 1 is 1.32 bits per heavy atom. The molecule has 5 heteroatoms. The fourth-order valence-electron chi connectivity index (χ4n) is 3.85. The molecule has 1 spiro atoms. The second kappa shape index (κ2) is 5.37. The Labute approximate surface area is 144 Å². The lowest BCUT2D eigenvalue weighted by Crippen LogP contribution is -2.40. The number of carbonyl (C=O) groups excluding carboxylic acids is 1. The van der Waals surface area contributed by atoms with Gasteiger partial charge in [0.1, 0.15) is 11.9 Å². The molecule has 0 aromatic heterocycles. The van der Waals surface area contributed by atoms with Gasteiger partial charge in [0.25, 0.3) is 0 Å². The van der Waals surface area contributed by atoms with Crippen molar-refractivity contribution in [1.29, 1.82) is 0 Å². The van der Waals surface area contributed by atoms with Gasteiger partial charge >= 0.3 is 0 Å². The number of anilines is 1. The molecule has 118 valence electrons. The highest BCUT2D eigenvalue weighted by molar-refractivity contribution is 14.1. The van der Waals surface area contributed by atoms with E-state index in [0.29, 0.717) is 0 Å². The number of carbonyl (C=O) groups is 1. The average Bonchev–Trinajstić information content (AvgIpc) is 2.73. The number of halogens is 1. The van der Waals surface area contributed by atoms with Gasteiger partial charge in [-0.2, -0.15) is 0 Å². The Hall–Kier alpha value is -0.820. The van der Waals surface area contributed by atoms with Crippen molar-refractivity contribution in [2.24, 2.45) is 0 Å². The minimum Gasteiger partial charge on any atom is -0.488 e. The van der Waals surface area contributed by atoms with Crippen molar-refractivity contribution in [3.63, 3.8) is 0 Å². The molecule has 0 atom stereocenters. The number of hydrogen-bond acceptors (Lipinski definition) is 3. The van der Waals surface area contributed by atoms with E-state index in [4.69, 9.17) is 4.74 Å². The average molecular weight is 412 g/mol. The van der Waals surface area contributed by atoms with Gasteiger partial charge < -0.3 is 15.0 Å². The summed E-state index contributed by atoms with van der Waals surface area (Å²) in [6.07, 6.45) is 5.45. The van der Waals surface area contributed by atoms with Crippen LogP contribution in [0.15, 0.2) is 12.1 Å². The van der Waals surface area contributed by atoms with Crippen molar-refractivity contribution < 1.29 is 9.53 Å². The molecular weight excluding hydrogens is 391 g/mol. The highest BCUT2D eigenvalue weighted by Gasteiger charge is 2.52. The zero-order chi connectivity index (χ0) is 15.3. The third-order valence-electron chi connectivity index (χ3n) is 5.42. The number of amides is 1. The Kier molecular flexibility index (Phi) is 3.60. The molecule has 4 rings (SSSR count). The fourth-order valence-corrected chi connectivity index (χ4v) is 4.44. The molecule has 1 N–H and O–H groups in total. The van der Waals surface area contributed by atoms with Crippen LogP contribution in [0.4, 0.5) is 5.69 Å². The summed E-state index contributed by atoms with van der Waals surface area (Å²) < 4.78 is 7.45. The number of fused-ring (bicyclic) bond motifs is 2. The van der Waals surface area contributed by atoms with Crippen LogP contribution in [0.25, 0.3) is 0 Å². The van der Waals surface area contributed by atoms with Crippen LogP contribution in [-0.4, -0.2) is 37.0 Å². The molecule has 1 aromatic rings. The summed E-state index contributed by atoms with van der Waals surface area (Å²) >= 11 is 2.33. The maximum atomic E-state index is 12.5. The normalized spacial score (nSPS) is 24.0. The summed E-state index contributed by atoms with van der Waals surface area (Å²) in [6.45, 7) is 2.15. The zero-order valence-electron chi connectivity index (χ0n) is 12.8. The number of piperidine rings is 1. The Morgan fingerprint density at radius 3 is 2.68 bits per heavy atom. The van der Waals surface area contributed by atoms with Gasteiger partial charge in [-0.3, -0.25) is 4.79 Å². The van der Waals surface area contributed by atoms with Crippen LogP contribution in [0.2, 0.25) is 0 Å². The molecule has 0 radical (unpaired) electrons. The summed E-state index contributed by atoms with van der Waals surface area (Å²) in [6, 6.07) is 4.23. The monoisotopic (exact) mass is 412 g/mol. The van der Waals surface area contributed by atoms with E-state index < -0.39 is 0 Å². The summed E-state index contributed by atoms with van der Waals surface area (Å²) in [5.74, 6) is 1.04. The number of ether oxygens (including phenoxy) is 1. The number of nitrogens with one attached hydrogen (secondary N) is 1. The molecule has 1 saturated heterocycles. The van der Waals surface area contributed by atoms with Gasteiger partial charge in [0.15, 0.2) is 0 Å². The topological polar surface area (TPSA) is 41.6 Å². The minimum atomic E-state index is -0.262. The lowest BCUT2D eigenvalue weighted by atomic mass is 9.65. The SMILES string of the molecule is CN1CCC(Oc2cc(I)cc3c2NC(=O)C32CCC2)CC1. The molecule has 1 saturated carbocycles. The van der Waals surface area contributed by atoms with Gasteiger partial charge in [0.05, 0.1) is 11.1 Å². The molecule has 0 bridgehead atoms. The number of nitrogens with zero attached hydrogens (tertiary/aromatic N) is 1. The van der Waals surface area contributed by atoms with E-state index in [-0.39, 0.29) is 17.4 Å². The van der Waals surface area contributed by atoms with Gasteiger partial charge in [-0.15, -0.1) is 0 Å². The van der Waals surface area contributed by atoms with Crippen molar-refractivity contribution in [1.82, 2.24) is 4.90 Å². The van der Waals surface area contributed by atoms with Crippen molar-refractivity contribution in [3.05, 3.63) is 21.3 Å². The van der Waals surface area contributed by atoms with Gasteiger partial charge in [-0.25, -0.2) is 0 Å². The van der Waals surface area contributed by atoms with E-state index in [1.54, 1.807) is 0 Å². The molecule has 4 nitrogen and oxygen atoms in total. The predicted molar refractivity (Wildman–Crippen MR) is 94.5 cm³/mol. The second-order valence-corrected chi connectivity index (χ2v) is 8.08. The van der Waals surface area contributed by atoms with E-state index in [0.717, 1.165) is 60.2 Å². The van der Waals surface area contributed by atoms with Gasteiger partial charge in [-0.05, 0) is 73.0 Å². The summed E-state index contributed by atoms with van der Waals surface area (Å²) in [4.78, 5) is 14.8. The van der Waals surface area contributed by atoms with Crippen LogP contribution in [0.1, 0.15) is 37.7 Å². The Bertz CT molecular complexity index is 619. The largest absolute Gasteiger partial charge is 0.488 e. The van der Waals surface area contributed by atoms with Gasteiger partial charge in [0, 0.05) is 16.7 Å². The minimum absolute atomic E-state index is 0.170. The number of rotatable bonds is 2. The first kappa shape index (κ1) is 14.8. The molecule has 22 heavy (non-hydrogen) atoms. The number of benzene rings is 1. The molecule has 2 aliphatic heterocycles. The smallest absolute Gasteiger partial charge is 0.235 e. The zero-order valence-corrected chi connectivity index (χ0v) is 15.0. The third-order valence-corrected chi connectivity index (χ3v) is 6.04. The molecule has 1 aliphatic carbocycles. The fraction of sp³-hybridized carbons (Fsp3) is 0.588. The van der Waals surface area contributed by atoms with Gasteiger partial charge in [0.2, 0.25) is 5.91 Å². The quantitative estimate of drug-likeness (QED) is 0.760. The molecule has 3 aliphatic rings. The molecule has 2 fully saturated rings. The molecular formula is C17H21IN2O2. The standard InChI is InChI=1S/C17H21IN2O2/c1-20-7-3-12(4-8-20)22-14-10-11(18)9-13-15(14)19-16(21)17(13)5-2-6-17/h9-10,12H,2-8H2,1H3,(H,19,21). The lowest BCUT2D eigenvalue weighted by Gasteiger charge is -2.36. The van der Waals surface area contributed by atoms with E-state index >= 15 is 0 Å². The maximum Gasteiger partial charge on any atom is 0.235 e. The highest BCUT2D eigenvalue weighted by atomic mass is 127. The van der Waals surface area contributed by atoms with Gasteiger partial charge in [-0.1, -0.05) is 6.42 Å². The van der Waals surface area contributed by atoms with E-state index in [2.05, 4.69) is 52.0 Å². The number of hydrogen-bond donors (Lipinski definition) is 1. The van der Waals surface area contributed by atoms with Crippen LogP contribution in [0, 0.1) is 3.57 Å². The Balaban J connectivity index is 1.64. The third kappa shape index (κ3) is 2.24. The second-order valence-electron chi connectivity index (χ2n) is 6.84. The van der Waals surface area contributed by atoms with Crippen LogP contribution >= 0.6 is 22.6 Å². The molecule has 0 unspecified atom stereocenters. The first-order valence-corrected chi connectivity index (χ1v) is 9.17. The molecule has 1 amide bonds.